The number of esters is 1. The van der Waals surface area contributed by atoms with Crippen LogP contribution in [-0.2, 0) is 9.53 Å². The van der Waals surface area contributed by atoms with Crippen molar-refractivity contribution < 1.29 is 24.0 Å². The molecular formula is C16H13Cl2N3O6. The molecule has 9 nitrogen and oxygen atoms in total. The predicted octanol–water partition coefficient (Wildman–Crippen LogP) is 3.41. The molecule has 0 fully saturated rings. The molecule has 0 atom stereocenters. The van der Waals surface area contributed by atoms with Crippen LogP contribution in [-0.4, -0.2) is 35.5 Å². The molecular weight excluding hydrogens is 401 g/mol. The Morgan fingerprint density at radius 1 is 1.33 bits per heavy atom. The molecule has 0 radical (unpaired) electrons. The van der Waals surface area contributed by atoms with Crippen molar-refractivity contribution in [2.75, 3.05) is 19.0 Å². The zero-order chi connectivity index (χ0) is 20.1. The summed E-state index contributed by atoms with van der Waals surface area (Å²) in [5, 5.41) is 14.1. The van der Waals surface area contributed by atoms with E-state index in [4.69, 9.17) is 27.9 Å². The lowest BCUT2D eigenvalue weighted by atomic mass is 10.2. The minimum atomic E-state index is -0.735. The Morgan fingerprint density at radius 3 is 2.67 bits per heavy atom. The van der Waals surface area contributed by atoms with Crippen LogP contribution in [0.5, 0.6) is 5.75 Å². The van der Waals surface area contributed by atoms with Gasteiger partial charge in [-0.3, -0.25) is 14.9 Å². The minimum Gasteiger partial charge on any atom is -0.477 e. The number of anilines is 1. The molecule has 0 unspecified atom stereocenters. The Balaban J connectivity index is 2.12. The summed E-state index contributed by atoms with van der Waals surface area (Å²) in [6.45, 7) is 1.11. The van der Waals surface area contributed by atoms with Crippen LogP contribution in [0.4, 0.5) is 11.5 Å². The molecule has 1 aromatic heterocycles. The standard InChI is InChI=1S/C16H13Cl2N3O6/c1-8-10(17)6-19-15(14(8)18)20-13(22)7-27-12-4-3-9(16(23)26-2)5-11(12)21(24)25/h3-6H,7H2,1-2H3,(H,19,20,22). The number of nitro groups is 1. The molecule has 0 saturated carbocycles. The van der Waals surface area contributed by atoms with Gasteiger partial charge in [0.2, 0.25) is 0 Å². The number of nitrogens with zero attached hydrogens (tertiary/aromatic N) is 2. The highest BCUT2D eigenvalue weighted by atomic mass is 35.5. The summed E-state index contributed by atoms with van der Waals surface area (Å²) >= 11 is 11.9. The smallest absolute Gasteiger partial charge is 0.338 e. The molecule has 142 valence electrons. The zero-order valence-electron chi connectivity index (χ0n) is 14.1. The van der Waals surface area contributed by atoms with Crippen LogP contribution in [0.1, 0.15) is 15.9 Å². The molecule has 2 aromatic rings. The van der Waals surface area contributed by atoms with Crippen LogP contribution in [0.15, 0.2) is 24.4 Å². The number of rotatable bonds is 6. The number of amides is 1. The van der Waals surface area contributed by atoms with Crippen molar-refractivity contribution in [1.82, 2.24) is 4.98 Å². The van der Waals surface area contributed by atoms with Gasteiger partial charge in [0.25, 0.3) is 5.91 Å². The number of hydrogen-bond donors (Lipinski definition) is 1. The lowest BCUT2D eigenvalue weighted by molar-refractivity contribution is -0.385. The lowest BCUT2D eigenvalue weighted by Crippen LogP contribution is -2.21. The second kappa shape index (κ2) is 8.65. The van der Waals surface area contributed by atoms with E-state index >= 15 is 0 Å². The summed E-state index contributed by atoms with van der Waals surface area (Å²) in [7, 11) is 1.15. The van der Waals surface area contributed by atoms with Gasteiger partial charge in [0, 0.05) is 12.3 Å². The molecule has 0 aliphatic rings. The maximum atomic E-state index is 12.0. The number of aromatic nitrogens is 1. The highest BCUT2D eigenvalue weighted by Crippen LogP contribution is 2.30. The summed E-state index contributed by atoms with van der Waals surface area (Å²) in [5.74, 6) is -1.48. The Morgan fingerprint density at radius 2 is 2.04 bits per heavy atom. The number of carbonyl (C=O) groups excluding carboxylic acids is 2. The number of nitrogens with one attached hydrogen (secondary N) is 1. The van der Waals surface area contributed by atoms with Crippen molar-refractivity contribution >= 4 is 46.6 Å². The van der Waals surface area contributed by atoms with Gasteiger partial charge in [0.15, 0.2) is 18.2 Å². The van der Waals surface area contributed by atoms with Gasteiger partial charge >= 0.3 is 11.7 Å². The van der Waals surface area contributed by atoms with Crippen molar-refractivity contribution in [3.8, 4) is 5.75 Å². The van der Waals surface area contributed by atoms with Gasteiger partial charge in [0.05, 0.1) is 27.6 Å². The number of carbonyl (C=O) groups is 2. The Hall–Kier alpha value is -2.91. The number of methoxy groups -OCH3 is 1. The third kappa shape index (κ3) is 4.83. The third-order valence-electron chi connectivity index (χ3n) is 3.40. The van der Waals surface area contributed by atoms with Crippen molar-refractivity contribution in [1.29, 1.82) is 0 Å². The second-order valence-electron chi connectivity index (χ2n) is 5.16. The summed E-state index contributed by atoms with van der Waals surface area (Å²) in [6.07, 6.45) is 1.33. The summed E-state index contributed by atoms with van der Waals surface area (Å²) in [6, 6.07) is 3.49. The van der Waals surface area contributed by atoms with Crippen LogP contribution in [0, 0.1) is 17.0 Å². The molecule has 1 heterocycles. The average Bonchev–Trinajstić information content (AvgIpc) is 2.66. The van der Waals surface area contributed by atoms with Gasteiger partial charge < -0.3 is 14.8 Å². The molecule has 0 aliphatic heterocycles. The van der Waals surface area contributed by atoms with Gasteiger partial charge in [-0.2, -0.15) is 0 Å². The number of nitro benzene ring substituents is 1. The number of pyridine rings is 1. The fourth-order valence-electron chi connectivity index (χ4n) is 1.98. The SMILES string of the molecule is COC(=O)c1ccc(OCC(=O)Nc2ncc(Cl)c(C)c2Cl)c([N+](=O)[O-])c1. The van der Waals surface area contributed by atoms with E-state index in [1.54, 1.807) is 6.92 Å². The maximum Gasteiger partial charge on any atom is 0.338 e. The summed E-state index contributed by atoms with van der Waals surface area (Å²) < 4.78 is 9.70. The molecule has 0 bridgehead atoms. The number of hydrogen-bond acceptors (Lipinski definition) is 7. The first-order chi connectivity index (χ1) is 12.7. The molecule has 0 aliphatic carbocycles. The largest absolute Gasteiger partial charge is 0.477 e. The molecule has 1 amide bonds. The van der Waals surface area contributed by atoms with Crippen LogP contribution in [0.25, 0.3) is 0 Å². The van der Waals surface area contributed by atoms with E-state index in [2.05, 4.69) is 15.0 Å². The fourth-order valence-corrected chi connectivity index (χ4v) is 2.37. The first-order valence-electron chi connectivity index (χ1n) is 7.34. The van der Waals surface area contributed by atoms with Crippen molar-refractivity contribution in [2.45, 2.75) is 6.92 Å². The monoisotopic (exact) mass is 413 g/mol. The lowest BCUT2D eigenvalue weighted by Gasteiger charge is -2.10. The minimum absolute atomic E-state index is 0.0198. The summed E-state index contributed by atoms with van der Waals surface area (Å²) in [5.41, 5.74) is 0.0383. The molecule has 1 N–H and O–H groups in total. The van der Waals surface area contributed by atoms with Gasteiger partial charge in [-0.15, -0.1) is 0 Å². The predicted molar refractivity (Wildman–Crippen MR) is 97.6 cm³/mol. The van der Waals surface area contributed by atoms with E-state index in [1.807, 2.05) is 0 Å². The van der Waals surface area contributed by atoms with Crippen molar-refractivity contribution in [3.63, 3.8) is 0 Å². The van der Waals surface area contributed by atoms with E-state index in [9.17, 15) is 19.7 Å². The molecule has 0 spiro atoms. The highest BCUT2D eigenvalue weighted by Gasteiger charge is 2.20. The Kier molecular flexibility index (Phi) is 6.54. The molecule has 27 heavy (non-hydrogen) atoms. The van der Waals surface area contributed by atoms with Crippen LogP contribution < -0.4 is 10.1 Å². The van der Waals surface area contributed by atoms with Crippen LogP contribution in [0.3, 0.4) is 0 Å². The maximum absolute atomic E-state index is 12.0. The molecule has 2 rings (SSSR count). The van der Waals surface area contributed by atoms with Gasteiger partial charge in [0.1, 0.15) is 0 Å². The first-order valence-corrected chi connectivity index (χ1v) is 8.10. The highest BCUT2D eigenvalue weighted by molar-refractivity contribution is 6.37. The number of halogens is 2. The second-order valence-corrected chi connectivity index (χ2v) is 5.95. The normalized spacial score (nSPS) is 10.2. The molecule has 0 saturated heterocycles. The van der Waals surface area contributed by atoms with E-state index in [0.29, 0.717) is 10.6 Å². The fraction of sp³-hybridized carbons (Fsp3) is 0.188. The first kappa shape index (κ1) is 20.4. The van der Waals surface area contributed by atoms with Crippen molar-refractivity contribution in [3.05, 3.63) is 55.7 Å². The van der Waals surface area contributed by atoms with Gasteiger partial charge in [-0.1, -0.05) is 23.2 Å². The zero-order valence-corrected chi connectivity index (χ0v) is 15.6. The topological polar surface area (TPSA) is 121 Å². The molecule has 11 heteroatoms. The number of benzene rings is 1. The molecule has 1 aromatic carbocycles. The average molecular weight is 414 g/mol. The van der Waals surface area contributed by atoms with Gasteiger partial charge in [-0.25, -0.2) is 9.78 Å². The van der Waals surface area contributed by atoms with Gasteiger partial charge in [-0.05, 0) is 24.6 Å². The van der Waals surface area contributed by atoms with E-state index in [1.165, 1.54) is 18.3 Å². The summed E-state index contributed by atoms with van der Waals surface area (Å²) in [4.78, 5) is 37.8. The van der Waals surface area contributed by atoms with Crippen LogP contribution >= 0.6 is 23.2 Å². The van der Waals surface area contributed by atoms with Crippen LogP contribution in [0.2, 0.25) is 10.0 Å². The Bertz CT molecular complexity index is 919. The Labute approximate surface area is 163 Å². The van der Waals surface area contributed by atoms with E-state index in [-0.39, 0.29) is 22.2 Å². The van der Waals surface area contributed by atoms with E-state index in [0.717, 1.165) is 13.2 Å². The van der Waals surface area contributed by atoms with E-state index < -0.39 is 29.1 Å². The number of ether oxygens (including phenoxy) is 2. The third-order valence-corrected chi connectivity index (χ3v) is 4.24. The quantitative estimate of drug-likeness (QED) is 0.437. The van der Waals surface area contributed by atoms with Crippen molar-refractivity contribution in [2.24, 2.45) is 0 Å².